The fourth-order valence-corrected chi connectivity index (χ4v) is 4.58. The van der Waals surface area contributed by atoms with Crippen LogP contribution in [0, 0.1) is 0 Å². The van der Waals surface area contributed by atoms with E-state index in [2.05, 4.69) is 20.2 Å². The Hall–Kier alpha value is -1.91. The summed E-state index contributed by atoms with van der Waals surface area (Å²) in [5.41, 5.74) is 3.08. The van der Waals surface area contributed by atoms with E-state index in [1.165, 1.54) is 5.56 Å². The lowest BCUT2D eigenvalue weighted by Crippen LogP contribution is -3.00. The fourth-order valence-electron chi connectivity index (χ4n) is 4.58. The Labute approximate surface area is 200 Å². The zero-order valence-corrected chi connectivity index (χ0v) is 20.8. The lowest BCUT2D eigenvalue weighted by molar-refractivity contribution is -0.924. The first-order valence-electron chi connectivity index (χ1n) is 10.1. The van der Waals surface area contributed by atoms with E-state index in [0.717, 1.165) is 40.1 Å². The first-order valence-corrected chi connectivity index (χ1v) is 10.1. The molecule has 170 valence electrons. The van der Waals surface area contributed by atoms with Crippen molar-refractivity contribution in [2.75, 3.05) is 48.8 Å². The van der Waals surface area contributed by atoms with Gasteiger partial charge in [0.2, 0.25) is 12.5 Å². The number of quaternary nitrogens is 1. The first kappa shape index (κ1) is 23.7. The number of nitrogens with zero attached hydrogens (tertiary/aromatic N) is 1. The highest BCUT2D eigenvalue weighted by atomic mass is 127. The van der Waals surface area contributed by atoms with Crippen LogP contribution in [0.1, 0.15) is 35.3 Å². The van der Waals surface area contributed by atoms with Crippen LogP contribution in [0.15, 0.2) is 24.3 Å². The van der Waals surface area contributed by atoms with Crippen molar-refractivity contribution in [1.29, 1.82) is 0 Å². The molecular formula is C23H30INO6. The van der Waals surface area contributed by atoms with Gasteiger partial charge >= 0.3 is 0 Å². The van der Waals surface area contributed by atoms with E-state index in [0.29, 0.717) is 23.7 Å². The van der Waals surface area contributed by atoms with E-state index in [9.17, 15) is 5.11 Å². The highest BCUT2D eigenvalue weighted by Gasteiger charge is 2.42. The Bertz CT molecular complexity index is 948. The quantitative estimate of drug-likeness (QED) is 0.417. The molecule has 0 fully saturated rings. The number of likely N-dealkylation sites (N-methyl/N-ethyl adjacent to an activating group) is 1. The summed E-state index contributed by atoms with van der Waals surface area (Å²) in [7, 11) is 9.24. The standard InChI is InChI=1S/C23H30NO6.HI/c1-24(2)9-8-15-11-20-22(30-13-29-20)23(28-5)21(15)16(24)12-17(25)14-6-7-18(26-3)19(10-14)27-4;/h6-7,10-11,16-17,25H,8-9,12-13H2,1-5H3;1H/q+1;/p-1. The largest absolute Gasteiger partial charge is 1.00 e. The number of halogens is 1. The van der Waals surface area contributed by atoms with Crippen molar-refractivity contribution >= 4 is 0 Å². The minimum atomic E-state index is -0.673. The molecule has 2 aromatic rings. The van der Waals surface area contributed by atoms with Crippen LogP contribution in [0.5, 0.6) is 28.7 Å². The van der Waals surface area contributed by atoms with Gasteiger partial charge in [0.1, 0.15) is 6.04 Å². The van der Waals surface area contributed by atoms with E-state index in [1.54, 1.807) is 21.3 Å². The summed E-state index contributed by atoms with van der Waals surface area (Å²) in [4.78, 5) is 0. The number of aliphatic hydroxyl groups excluding tert-OH is 1. The van der Waals surface area contributed by atoms with E-state index in [-0.39, 0.29) is 36.8 Å². The second-order valence-electron chi connectivity index (χ2n) is 8.35. The van der Waals surface area contributed by atoms with Crippen molar-refractivity contribution < 1.29 is 57.3 Å². The Morgan fingerprint density at radius 2 is 1.81 bits per heavy atom. The van der Waals surface area contributed by atoms with Crippen molar-refractivity contribution in [2.45, 2.75) is 25.0 Å². The maximum Gasteiger partial charge on any atom is 0.231 e. The molecule has 2 aliphatic heterocycles. The predicted octanol–water partition coefficient (Wildman–Crippen LogP) is 0.242. The van der Waals surface area contributed by atoms with Gasteiger partial charge in [-0.05, 0) is 29.3 Å². The lowest BCUT2D eigenvalue weighted by atomic mass is 9.85. The number of ether oxygens (including phenoxy) is 5. The molecular weight excluding hydrogens is 513 g/mol. The van der Waals surface area contributed by atoms with Crippen LogP contribution < -0.4 is 47.7 Å². The molecule has 8 heteroatoms. The SMILES string of the molecule is COc1ccc(C(O)CC2c3c(cc4c(c3OC)OCO4)CC[N+]2(C)C)cc1OC.[I-]. The molecule has 31 heavy (non-hydrogen) atoms. The highest BCUT2D eigenvalue weighted by molar-refractivity contribution is 5.61. The third kappa shape index (κ3) is 4.25. The van der Waals surface area contributed by atoms with Gasteiger partial charge in [0.05, 0.1) is 53.6 Å². The summed E-state index contributed by atoms with van der Waals surface area (Å²) in [6.45, 7) is 1.16. The number of methoxy groups -OCH3 is 3. The van der Waals surface area contributed by atoms with Crippen molar-refractivity contribution in [3.05, 3.63) is 41.0 Å². The average molecular weight is 543 g/mol. The van der Waals surface area contributed by atoms with Crippen LogP contribution in [0.2, 0.25) is 0 Å². The maximum atomic E-state index is 11.2. The first-order chi connectivity index (χ1) is 14.4. The summed E-state index contributed by atoms with van der Waals surface area (Å²) in [6, 6.07) is 7.64. The van der Waals surface area contributed by atoms with Gasteiger partial charge in [0.25, 0.3) is 0 Å². The van der Waals surface area contributed by atoms with Gasteiger partial charge in [-0.2, -0.15) is 0 Å². The normalized spacial score (nSPS) is 19.1. The molecule has 7 nitrogen and oxygen atoms in total. The molecule has 0 aliphatic carbocycles. The average Bonchev–Trinajstić information content (AvgIpc) is 3.21. The third-order valence-corrected chi connectivity index (χ3v) is 6.32. The molecule has 4 rings (SSSR count). The Morgan fingerprint density at radius 3 is 2.48 bits per heavy atom. The van der Waals surface area contributed by atoms with Crippen LogP contribution in [-0.4, -0.2) is 58.4 Å². The monoisotopic (exact) mass is 543 g/mol. The van der Waals surface area contributed by atoms with Gasteiger partial charge in [-0.25, -0.2) is 0 Å². The molecule has 2 unspecified atom stereocenters. The summed E-state index contributed by atoms with van der Waals surface area (Å²) in [6.07, 6.45) is 0.775. The van der Waals surface area contributed by atoms with Crippen LogP contribution in [0.4, 0.5) is 0 Å². The van der Waals surface area contributed by atoms with Crippen molar-refractivity contribution in [3.8, 4) is 28.7 Å². The van der Waals surface area contributed by atoms with Gasteiger partial charge in [-0.1, -0.05) is 6.07 Å². The summed E-state index contributed by atoms with van der Waals surface area (Å²) in [5.74, 6) is 3.35. The smallest absolute Gasteiger partial charge is 0.231 e. The van der Waals surface area contributed by atoms with Crippen molar-refractivity contribution in [1.82, 2.24) is 0 Å². The Morgan fingerprint density at radius 1 is 1.06 bits per heavy atom. The Kier molecular flexibility index (Phi) is 7.12. The third-order valence-electron chi connectivity index (χ3n) is 6.32. The Balaban J connectivity index is 0.00000272. The zero-order valence-electron chi connectivity index (χ0n) is 18.6. The topological polar surface area (TPSA) is 66.4 Å². The fraction of sp³-hybridized carbons (Fsp3) is 0.478. The van der Waals surface area contributed by atoms with E-state index >= 15 is 0 Å². The molecule has 0 saturated carbocycles. The molecule has 2 atom stereocenters. The minimum absolute atomic E-state index is 0. The number of rotatable bonds is 6. The van der Waals surface area contributed by atoms with Crippen LogP contribution in [0.25, 0.3) is 0 Å². The van der Waals surface area contributed by atoms with Crippen LogP contribution in [-0.2, 0) is 6.42 Å². The van der Waals surface area contributed by atoms with Crippen LogP contribution >= 0.6 is 0 Å². The molecule has 0 amide bonds. The molecule has 2 aliphatic rings. The number of hydrogen-bond donors (Lipinski definition) is 1. The molecule has 1 N–H and O–H groups in total. The molecule has 2 heterocycles. The zero-order chi connectivity index (χ0) is 21.5. The van der Waals surface area contributed by atoms with Crippen LogP contribution in [0.3, 0.4) is 0 Å². The molecule has 0 aromatic heterocycles. The minimum Gasteiger partial charge on any atom is -1.00 e. The van der Waals surface area contributed by atoms with E-state index in [4.69, 9.17) is 23.7 Å². The number of benzene rings is 2. The second kappa shape index (κ2) is 9.30. The van der Waals surface area contributed by atoms with Gasteiger partial charge < -0.3 is 57.3 Å². The molecule has 0 saturated heterocycles. The number of hydrogen-bond acceptors (Lipinski definition) is 6. The highest BCUT2D eigenvalue weighted by Crippen LogP contribution is 2.52. The summed E-state index contributed by atoms with van der Waals surface area (Å²) >= 11 is 0. The van der Waals surface area contributed by atoms with Crippen molar-refractivity contribution in [3.63, 3.8) is 0 Å². The number of fused-ring (bicyclic) bond motifs is 2. The number of aliphatic hydroxyl groups is 1. The molecule has 2 aromatic carbocycles. The predicted molar refractivity (Wildman–Crippen MR) is 112 cm³/mol. The summed E-state index contributed by atoms with van der Waals surface area (Å²) < 4.78 is 28.6. The molecule has 0 spiro atoms. The lowest BCUT2D eigenvalue weighted by Gasteiger charge is -2.44. The van der Waals surface area contributed by atoms with Gasteiger partial charge in [-0.15, -0.1) is 0 Å². The van der Waals surface area contributed by atoms with E-state index in [1.807, 2.05) is 18.2 Å². The van der Waals surface area contributed by atoms with E-state index < -0.39 is 6.10 Å². The summed E-state index contributed by atoms with van der Waals surface area (Å²) in [5, 5.41) is 11.2. The maximum absolute atomic E-state index is 11.2. The second-order valence-corrected chi connectivity index (χ2v) is 8.35. The molecule has 0 bridgehead atoms. The molecule has 0 radical (unpaired) electrons. The van der Waals surface area contributed by atoms with Crippen molar-refractivity contribution in [2.24, 2.45) is 0 Å². The van der Waals surface area contributed by atoms with Gasteiger partial charge in [0.15, 0.2) is 23.0 Å². The van der Waals surface area contributed by atoms with Gasteiger partial charge in [-0.3, -0.25) is 0 Å². The van der Waals surface area contributed by atoms with Gasteiger partial charge in [0, 0.05) is 12.8 Å².